The molecule has 0 radical (unpaired) electrons. The van der Waals surface area contributed by atoms with E-state index in [2.05, 4.69) is 20.8 Å². The van der Waals surface area contributed by atoms with E-state index >= 15 is 0 Å². The number of amides is 2. The third-order valence-corrected chi connectivity index (χ3v) is 5.82. The summed E-state index contributed by atoms with van der Waals surface area (Å²) < 4.78 is 0. The predicted octanol–water partition coefficient (Wildman–Crippen LogP) is 5.64. The van der Waals surface area contributed by atoms with Crippen LogP contribution in [-0.4, -0.2) is 21.2 Å². The Morgan fingerprint density at radius 3 is 2.50 bits per heavy atom. The van der Waals surface area contributed by atoms with Gasteiger partial charge >= 0.3 is 6.03 Å². The number of urea groups is 1. The molecule has 0 aliphatic rings. The van der Waals surface area contributed by atoms with Gasteiger partial charge in [0.25, 0.3) is 5.56 Å². The predicted molar refractivity (Wildman–Crippen MR) is 129 cm³/mol. The molecular formula is C24H23N5O2S. The first kappa shape index (κ1) is 21.5. The minimum atomic E-state index is -0.381. The first-order chi connectivity index (χ1) is 15.4. The number of thiazole rings is 1. The van der Waals surface area contributed by atoms with Crippen LogP contribution in [-0.2, 0) is 0 Å². The molecule has 7 nitrogen and oxygen atoms in total. The Morgan fingerprint density at radius 2 is 1.78 bits per heavy atom. The van der Waals surface area contributed by atoms with Crippen molar-refractivity contribution in [2.75, 3.05) is 10.6 Å². The number of rotatable bonds is 5. The highest BCUT2D eigenvalue weighted by molar-refractivity contribution is 7.19. The first-order valence-corrected chi connectivity index (χ1v) is 11.0. The Morgan fingerprint density at radius 1 is 1.00 bits per heavy atom. The van der Waals surface area contributed by atoms with Crippen LogP contribution in [0.5, 0.6) is 0 Å². The zero-order chi connectivity index (χ0) is 22.7. The summed E-state index contributed by atoms with van der Waals surface area (Å²) in [5.41, 5.74) is 4.58. The van der Waals surface area contributed by atoms with Gasteiger partial charge < -0.3 is 5.32 Å². The highest BCUT2D eigenvalue weighted by atomic mass is 32.1. The van der Waals surface area contributed by atoms with Crippen LogP contribution in [0.4, 0.5) is 15.6 Å². The number of aromatic amines is 1. The fourth-order valence-corrected chi connectivity index (χ4v) is 4.34. The van der Waals surface area contributed by atoms with Crippen LogP contribution in [0.2, 0.25) is 0 Å². The molecule has 162 valence electrons. The molecule has 8 heteroatoms. The highest BCUT2D eigenvalue weighted by Crippen LogP contribution is 2.40. The summed E-state index contributed by atoms with van der Waals surface area (Å²) >= 11 is 1.32. The van der Waals surface area contributed by atoms with Gasteiger partial charge in [-0.05, 0) is 36.1 Å². The van der Waals surface area contributed by atoms with Crippen LogP contribution < -0.4 is 16.2 Å². The number of aryl methyl sites for hydroxylation is 1. The van der Waals surface area contributed by atoms with E-state index in [4.69, 9.17) is 4.98 Å². The fraction of sp³-hybridized carbons (Fsp3) is 0.167. The second kappa shape index (κ2) is 9.15. The third kappa shape index (κ3) is 4.76. The molecule has 0 aliphatic carbocycles. The standard InChI is InChI=1S/C24H23N5O2S/c1-14(2)18-13-19(30)28-29-21(18)22-20(16-9-5-4-6-10-16)26-24(32-22)27-23(31)25-17-11-7-8-15(3)12-17/h4-14H,1-3H3,(H,28,30)(H2,25,26,27,31). The fourth-order valence-electron chi connectivity index (χ4n) is 3.35. The number of hydrogen-bond donors (Lipinski definition) is 3. The molecule has 32 heavy (non-hydrogen) atoms. The van der Waals surface area contributed by atoms with Gasteiger partial charge in [-0.1, -0.05) is 67.6 Å². The summed E-state index contributed by atoms with van der Waals surface area (Å²) in [4.78, 5) is 29.9. The quantitative estimate of drug-likeness (QED) is 0.370. The number of nitrogens with zero attached hydrogens (tertiary/aromatic N) is 2. The minimum absolute atomic E-state index is 0.0894. The van der Waals surface area contributed by atoms with Crippen LogP contribution in [0.15, 0.2) is 65.5 Å². The lowest BCUT2D eigenvalue weighted by Gasteiger charge is -2.10. The van der Waals surface area contributed by atoms with E-state index in [1.807, 2.05) is 75.4 Å². The number of H-pyrrole nitrogens is 1. The molecule has 4 rings (SSSR count). The summed E-state index contributed by atoms with van der Waals surface area (Å²) in [7, 11) is 0. The van der Waals surface area contributed by atoms with Crippen LogP contribution >= 0.6 is 11.3 Å². The van der Waals surface area contributed by atoms with Gasteiger partial charge in [-0.3, -0.25) is 10.1 Å². The molecule has 0 unspecified atom stereocenters. The molecule has 0 fully saturated rings. The van der Waals surface area contributed by atoms with Crippen molar-refractivity contribution in [2.24, 2.45) is 0 Å². The lowest BCUT2D eigenvalue weighted by molar-refractivity contribution is 0.262. The molecule has 2 amide bonds. The number of carbonyl (C=O) groups excluding carboxylic acids is 1. The number of carbonyl (C=O) groups is 1. The maximum Gasteiger partial charge on any atom is 0.325 e. The van der Waals surface area contributed by atoms with E-state index in [1.54, 1.807) is 6.07 Å². The van der Waals surface area contributed by atoms with E-state index in [0.29, 0.717) is 22.2 Å². The van der Waals surface area contributed by atoms with Gasteiger partial charge in [-0.25, -0.2) is 14.9 Å². The molecule has 2 aromatic carbocycles. The first-order valence-electron chi connectivity index (χ1n) is 10.2. The molecule has 0 saturated carbocycles. The number of hydrogen-bond acceptors (Lipinski definition) is 5. The average Bonchev–Trinajstić information content (AvgIpc) is 3.17. The SMILES string of the molecule is Cc1cccc(NC(=O)Nc2nc(-c3ccccc3)c(-c3n[nH]c(=O)cc3C(C)C)s2)c1. The Labute approximate surface area is 189 Å². The molecule has 0 aliphatic heterocycles. The number of aromatic nitrogens is 3. The molecule has 0 saturated heterocycles. The lowest BCUT2D eigenvalue weighted by atomic mass is 10.00. The van der Waals surface area contributed by atoms with E-state index < -0.39 is 0 Å². The Bertz CT molecular complexity index is 1310. The summed E-state index contributed by atoms with van der Waals surface area (Å²) in [5.74, 6) is 0.0894. The molecular weight excluding hydrogens is 422 g/mol. The Balaban J connectivity index is 1.73. The van der Waals surface area contributed by atoms with Crippen molar-refractivity contribution in [1.82, 2.24) is 15.2 Å². The Kier molecular flexibility index (Phi) is 6.13. The van der Waals surface area contributed by atoms with Crippen molar-refractivity contribution in [1.29, 1.82) is 0 Å². The zero-order valence-corrected chi connectivity index (χ0v) is 18.8. The number of anilines is 2. The molecule has 2 aromatic heterocycles. The van der Waals surface area contributed by atoms with Crippen molar-refractivity contribution < 1.29 is 4.79 Å². The molecule has 3 N–H and O–H groups in total. The second-order valence-corrected chi connectivity index (χ2v) is 8.70. The topological polar surface area (TPSA) is 99.8 Å². The van der Waals surface area contributed by atoms with Gasteiger partial charge in [-0.2, -0.15) is 5.10 Å². The van der Waals surface area contributed by atoms with Gasteiger partial charge in [0.1, 0.15) is 5.69 Å². The Hall–Kier alpha value is -3.78. The minimum Gasteiger partial charge on any atom is -0.308 e. The van der Waals surface area contributed by atoms with Crippen LogP contribution in [0.25, 0.3) is 21.8 Å². The molecule has 0 spiro atoms. The summed E-state index contributed by atoms with van der Waals surface area (Å²) in [6, 6.07) is 18.5. The maximum absolute atomic E-state index is 12.6. The van der Waals surface area contributed by atoms with Crippen LogP contribution in [0, 0.1) is 6.92 Å². The van der Waals surface area contributed by atoms with E-state index in [9.17, 15) is 9.59 Å². The highest BCUT2D eigenvalue weighted by Gasteiger charge is 2.21. The summed E-state index contributed by atoms with van der Waals surface area (Å²) in [6.45, 7) is 5.99. The van der Waals surface area contributed by atoms with Crippen molar-refractivity contribution in [2.45, 2.75) is 26.7 Å². The van der Waals surface area contributed by atoms with Crippen molar-refractivity contribution in [3.63, 3.8) is 0 Å². The summed E-state index contributed by atoms with van der Waals surface area (Å²) in [5, 5.41) is 13.0. The smallest absolute Gasteiger partial charge is 0.308 e. The van der Waals surface area contributed by atoms with Crippen molar-refractivity contribution in [3.8, 4) is 21.8 Å². The van der Waals surface area contributed by atoms with Gasteiger partial charge in [0, 0.05) is 17.3 Å². The maximum atomic E-state index is 12.6. The largest absolute Gasteiger partial charge is 0.325 e. The van der Waals surface area contributed by atoms with Gasteiger partial charge in [-0.15, -0.1) is 0 Å². The zero-order valence-electron chi connectivity index (χ0n) is 18.0. The van der Waals surface area contributed by atoms with Crippen LogP contribution in [0.1, 0.15) is 30.9 Å². The van der Waals surface area contributed by atoms with E-state index in [1.165, 1.54) is 11.3 Å². The van der Waals surface area contributed by atoms with Crippen LogP contribution in [0.3, 0.4) is 0 Å². The van der Waals surface area contributed by atoms with Crippen molar-refractivity contribution >= 4 is 28.2 Å². The van der Waals surface area contributed by atoms with Gasteiger partial charge in [0.2, 0.25) is 0 Å². The van der Waals surface area contributed by atoms with Crippen molar-refractivity contribution in [3.05, 3.63) is 82.1 Å². The molecule has 0 bridgehead atoms. The monoisotopic (exact) mass is 445 g/mol. The third-order valence-electron chi connectivity index (χ3n) is 4.85. The van der Waals surface area contributed by atoms with E-state index in [0.717, 1.165) is 21.6 Å². The lowest BCUT2D eigenvalue weighted by Crippen LogP contribution is -2.19. The molecule has 4 aromatic rings. The second-order valence-electron chi connectivity index (χ2n) is 7.70. The number of nitrogens with one attached hydrogen (secondary N) is 3. The van der Waals surface area contributed by atoms with E-state index in [-0.39, 0.29) is 17.5 Å². The molecule has 2 heterocycles. The summed E-state index contributed by atoms with van der Waals surface area (Å²) in [6.07, 6.45) is 0. The van der Waals surface area contributed by atoms with Gasteiger partial charge in [0.05, 0.1) is 10.6 Å². The van der Waals surface area contributed by atoms with Gasteiger partial charge in [0.15, 0.2) is 5.13 Å². The average molecular weight is 446 g/mol. The number of benzene rings is 2. The normalized spacial score (nSPS) is 10.9. The molecule has 0 atom stereocenters.